The second kappa shape index (κ2) is 13.2. The summed E-state index contributed by atoms with van der Waals surface area (Å²) in [5.41, 5.74) is 1.91. The second-order valence-electron chi connectivity index (χ2n) is 7.88. The van der Waals surface area contributed by atoms with Gasteiger partial charge in [-0.25, -0.2) is 0 Å². The van der Waals surface area contributed by atoms with Gasteiger partial charge in [0.2, 0.25) is 11.8 Å². The van der Waals surface area contributed by atoms with Crippen molar-refractivity contribution in [1.82, 2.24) is 15.5 Å². The van der Waals surface area contributed by atoms with Crippen molar-refractivity contribution < 1.29 is 23.9 Å². The minimum atomic E-state index is -0.851. The fourth-order valence-corrected chi connectivity index (χ4v) is 3.99. The van der Waals surface area contributed by atoms with Crippen LogP contribution in [0.3, 0.4) is 0 Å². The number of nitrogens with one attached hydrogen (secondary N) is 2. The molecule has 1 saturated heterocycles. The van der Waals surface area contributed by atoms with E-state index in [0.29, 0.717) is 25.3 Å². The van der Waals surface area contributed by atoms with Gasteiger partial charge in [0.05, 0.1) is 20.1 Å². The van der Waals surface area contributed by atoms with E-state index >= 15 is 0 Å². The van der Waals surface area contributed by atoms with E-state index in [-0.39, 0.29) is 24.0 Å². The van der Waals surface area contributed by atoms with Gasteiger partial charge in [-0.15, -0.1) is 0 Å². The standard InChI is InChI=1S/C26H29N3O5S/c1-33-22-12-6-5-11-20(22)13-14-23(30)28-26(35)29-16-15-27-25(32)21(29)18-24(31)34-17-7-10-19-8-3-2-4-9-19/h2-6,8-9,11-14,21H,7,10,15-18H2,1H3,(H,27,32)(H,28,30,35). The predicted octanol–water partition coefficient (Wildman–Crippen LogP) is 2.48. The van der Waals surface area contributed by atoms with Crippen LogP contribution < -0.4 is 15.4 Å². The molecular weight excluding hydrogens is 466 g/mol. The number of aryl methyl sites for hydroxylation is 1. The molecule has 2 aromatic rings. The topological polar surface area (TPSA) is 97.0 Å². The molecule has 0 saturated carbocycles. The molecule has 184 valence electrons. The monoisotopic (exact) mass is 495 g/mol. The van der Waals surface area contributed by atoms with E-state index in [1.807, 2.05) is 48.5 Å². The van der Waals surface area contributed by atoms with E-state index in [1.54, 1.807) is 24.2 Å². The molecule has 0 spiro atoms. The number of methoxy groups -OCH3 is 1. The summed E-state index contributed by atoms with van der Waals surface area (Å²) in [6.45, 7) is 0.985. The second-order valence-corrected chi connectivity index (χ2v) is 8.27. The lowest BCUT2D eigenvalue weighted by atomic mass is 10.1. The number of nitrogens with zero attached hydrogens (tertiary/aromatic N) is 1. The van der Waals surface area contributed by atoms with Gasteiger partial charge >= 0.3 is 5.97 Å². The Bertz CT molecular complexity index is 1070. The van der Waals surface area contributed by atoms with Crippen LogP contribution in [-0.2, 0) is 25.5 Å². The van der Waals surface area contributed by atoms with Gasteiger partial charge in [-0.05, 0) is 42.8 Å². The van der Waals surface area contributed by atoms with Gasteiger partial charge in [-0.1, -0.05) is 48.5 Å². The highest BCUT2D eigenvalue weighted by Crippen LogP contribution is 2.18. The van der Waals surface area contributed by atoms with Crippen LogP contribution in [0.2, 0.25) is 0 Å². The van der Waals surface area contributed by atoms with Gasteiger partial charge in [0, 0.05) is 24.7 Å². The Kier molecular flexibility index (Phi) is 9.80. The lowest BCUT2D eigenvalue weighted by Crippen LogP contribution is -2.60. The molecule has 1 fully saturated rings. The number of hydrogen-bond donors (Lipinski definition) is 2. The average molecular weight is 496 g/mol. The van der Waals surface area contributed by atoms with Gasteiger partial charge in [-0.2, -0.15) is 0 Å². The highest BCUT2D eigenvalue weighted by molar-refractivity contribution is 7.80. The molecule has 1 unspecified atom stereocenters. The van der Waals surface area contributed by atoms with E-state index in [2.05, 4.69) is 10.6 Å². The summed E-state index contributed by atoms with van der Waals surface area (Å²) in [7, 11) is 1.55. The fourth-order valence-electron chi connectivity index (χ4n) is 3.67. The maximum absolute atomic E-state index is 12.5. The molecule has 1 atom stereocenters. The number of rotatable bonds is 9. The molecule has 1 aliphatic rings. The van der Waals surface area contributed by atoms with Crippen molar-refractivity contribution in [2.75, 3.05) is 26.8 Å². The number of piperazine rings is 1. The molecule has 1 aliphatic heterocycles. The molecule has 0 radical (unpaired) electrons. The Morgan fingerprint density at radius 3 is 2.69 bits per heavy atom. The maximum Gasteiger partial charge on any atom is 0.308 e. The molecule has 35 heavy (non-hydrogen) atoms. The maximum atomic E-state index is 12.5. The number of benzene rings is 2. The largest absolute Gasteiger partial charge is 0.496 e. The molecular formula is C26H29N3O5S. The lowest BCUT2D eigenvalue weighted by molar-refractivity contribution is -0.147. The van der Waals surface area contributed by atoms with Crippen LogP contribution in [0.1, 0.15) is 24.0 Å². The van der Waals surface area contributed by atoms with Gasteiger partial charge in [0.15, 0.2) is 5.11 Å². The van der Waals surface area contributed by atoms with Crippen molar-refractivity contribution in [3.63, 3.8) is 0 Å². The zero-order chi connectivity index (χ0) is 25.0. The van der Waals surface area contributed by atoms with Crippen LogP contribution in [-0.4, -0.2) is 60.6 Å². The number of para-hydroxylation sites is 1. The third-order valence-electron chi connectivity index (χ3n) is 5.45. The third-order valence-corrected chi connectivity index (χ3v) is 5.79. The van der Waals surface area contributed by atoms with E-state index in [9.17, 15) is 14.4 Å². The average Bonchev–Trinajstić information content (AvgIpc) is 2.87. The van der Waals surface area contributed by atoms with Gasteiger partial charge in [-0.3, -0.25) is 19.7 Å². The number of carbonyl (C=O) groups excluding carboxylic acids is 3. The Morgan fingerprint density at radius 2 is 1.91 bits per heavy atom. The van der Waals surface area contributed by atoms with Gasteiger partial charge in [0.25, 0.3) is 0 Å². The summed E-state index contributed by atoms with van der Waals surface area (Å²) in [6.07, 6.45) is 4.27. The molecule has 2 amide bonds. The SMILES string of the molecule is COc1ccccc1C=CC(=O)NC(=S)N1CCNC(=O)C1CC(=O)OCCCc1ccccc1. The molecule has 0 aromatic heterocycles. The molecule has 9 heteroatoms. The third kappa shape index (κ3) is 7.92. The van der Waals surface area contributed by atoms with Crippen LogP contribution in [0.4, 0.5) is 0 Å². The quantitative estimate of drug-likeness (QED) is 0.239. The minimum absolute atomic E-state index is 0.0800. The Balaban J connectivity index is 1.51. The number of thiocarbonyl (C=S) groups is 1. The zero-order valence-electron chi connectivity index (χ0n) is 19.6. The summed E-state index contributed by atoms with van der Waals surface area (Å²) in [4.78, 5) is 38.8. The molecule has 0 aliphatic carbocycles. The Hall–Kier alpha value is -3.72. The summed E-state index contributed by atoms with van der Waals surface area (Å²) in [6, 6.07) is 16.4. The first-order valence-corrected chi connectivity index (χ1v) is 11.8. The summed E-state index contributed by atoms with van der Waals surface area (Å²) in [5, 5.41) is 5.43. The van der Waals surface area contributed by atoms with Crippen molar-refractivity contribution in [3.05, 3.63) is 71.8 Å². The number of carbonyl (C=O) groups is 3. The highest BCUT2D eigenvalue weighted by atomic mass is 32.1. The van der Waals surface area contributed by atoms with Crippen molar-refractivity contribution in [2.24, 2.45) is 0 Å². The molecule has 0 bridgehead atoms. The smallest absolute Gasteiger partial charge is 0.308 e. The summed E-state index contributed by atoms with van der Waals surface area (Å²) in [5.74, 6) is -0.641. The molecule has 8 nitrogen and oxygen atoms in total. The van der Waals surface area contributed by atoms with E-state index in [1.165, 1.54) is 11.6 Å². The molecule has 2 N–H and O–H groups in total. The van der Waals surface area contributed by atoms with Crippen molar-refractivity contribution in [1.29, 1.82) is 0 Å². The van der Waals surface area contributed by atoms with Crippen molar-refractivity contribution in [3.8, 4) is 5.75 Å². The lowest BCUT2D eigenvalue weighted by Gasteiger charge is -2.36. The van der Waals surface area contributed by atoms with Crippen LogP contribution in [0.15, 0.2) is 60.7 Å². The molecule has 2 aromatic carbocycles. The number of ether oxygens (including phenoxy) is 2. The van der Waals surface area contributed by atoms with E-state index in [0.717, 1.165) is 12.0 Å². The first-order valence-electron chi connectivity index (χ1n) is 11.4. The van der Waals surface area contributed by atoms with Gasteiger partial charge < -0.3 is 19.7 Å². The van der Waals surface area contributed by atoms with Crippen molar-refractivity contribution in [2.45, 2.75) is 25.3 Å². The Morgan fingerprint density at radius 1 is 1.17 bits per heavy atom. The van der Waals surface area contributed by atoms with Crippen LogP contribution in [0.5, 0.6) is 5.75 Å². The summed E-state index contributed by atoms with van der Waals surface area (Å²) >= 11 is 5.38. The Labute approximate surface area is 210 Å². The number of esters is 1. The van der Waals surface area contributed by atoms with E-state index in [4.69, 9.17) is 21.7 Å². The van der Waals surface area contributed by atoms with Crippen LogP contribution in [0, 0.1) is 0 Å². The number of hydrogen-bond acceptors (Lipinski definition) is 6. The predicted molar refractivity (Wildman–Crippen MR) is 137 cm³/mol. The van der Waals surface area contributed by atoms with Crippen LogP contribution >= 0.6 is 12.2 Å². The van der Waals surface area contributed by atoms with E-state index < -0.39 is 17.9 Å². The first kappa shape index (κ1) is 25.9. The molecule has 3 rings (SSSR count). The molecule has 1 heterocycles. The summed E-state index contributed by atoms with van der Waals surface area (Å²) < 4.78 is 10.6. The highest BCUT2D eigenvalue weighted by Gasteiger charge is 2.34. The fraction of sp³-hybridized carbons (Fsp3) is 0.308. The minimum Gasteiger partial charge on any atom is -0.496 e. The van der Waals surface area contributed by atoms with Crippen molar-refractivity contribution >= 4 is 41.2 Å². The zero-order valence-corrected chi connectivity index (χ0v) is 20.4. The van der Waals surface area contributed by atoms with Gasteiger partial charge in [0.1, 0.15) is 11.8 Å². The van der Waals surface area contributed by atoms with Crippen LogP contribution in [0.25, 0.3) is 6.08 Å². The number of amides is 2. The normalized spacial score (nSPS) is 15.4. The first-order chi connectivity index (χ1) is 17.0.